The summed E-state index contributed by atoms with van der Waals surface area (Å²) in [6.45, 7) is 0.510. The highest BCUT2D eigenvalue weighted by atomic mass is 79.9. The molecule has 0 spiro atoms. The minimum atomic E-state index is -4.07. The third kappa shape index (κ3) is 3.63. The van der Waals surface area contributed by atoms with Crippen molar-refractivity contribution in [3.8, 4) is 0 Å². The predicted molar refractivity (Wildman–Crippen MR) is 74.3 cm³/mol. The molecule has 2 rings (SSSR count). The summed E-state index contributed by atoms with van der Waals surface area (Å²) in [4.78, 5) is 22.2. The maximum absolute atomic E-state index is 12.2. The largest absolute Gasteiger partial charge is 0.475 e. The van der Waals surface area contributed by atoms with E-state index in [1.165, 1.54) is 0 Å². The summed E-state index contributed by atoms with van der Waals surface area (Å²) < 4.78 is 31.3. The molecular formula is C11H13BrN2O6S. The Hall–Kier alpha value is -1.39. The van der Waals surface area contributed by atoms with Gasteiger partial charge < -0.3 is 14.8 Å². The number of aromatic carboxylic acids is 1. The molecule has 1 saturated heterocycles. The third-order valence-corrected chi connectivity index (χ3v) is 5.32. The summed E-state index contributed by atoms with van der Waals surface area (Å²) in [6.07, 6.45) is 1.87. The molecular weight excluding hydrogens is 368 g/mol. The van der Waals surface area contributed by atoms with E-state index < -0.39 is 33.7 Å². The van der Waals surface area contributed by atoms with Crippen LogP contribution in [0.1, 0.15) is 29.8 Å². The molecule has 0 radical (unpaired) electrons. The molecule has 8 nitrogen and oxygen atoms in total. The quantitative estimate of drug-likeness (QED) is 0.705. The molecule has 1 amide bonds. The van der Waals surface area contributed by atoms with Crippen molar-refractivity contribution < 1.29 is 27.5 Å². The molecule has 0 bridgehead atoms. The fraction of sp³-hybridized carbons (Fsp3) is 0.455. The van der Waals surface area contributed by atoms with Gasteiger partial charge in [-0.15, -0.1) is 0 Å². The highest BCUT2D eigenvalue weighted by Crippen LogP contribution is 2.26. The Kier molecular flexibility index (Phi) is 4.69. The van der Waals surface area contributed by atoms with Crippen LogP contribution in [0.5, 0.6) is 0 Å². The van der Waals surface area contributed by atoms with Crippen LogP contribution in [0.2, 0.25) is 0 Å². The highest BCUT2D eigenvalue weighted by molar-refractivity contribution is 9.10. The van der Waals surface area contributed by atoms with E-state index in [1.54, 1.807) is 0 Å². The number of rotatable bonds is 4. The molecule has 21 heavy (non-hydrogen) atoms. The smallest absolute Gasteiger partial charge is 0.371 e. The molecule has 1 aromatic heterocycles. The molecule has 3 N–H and O–H groups in total. The third-order valence-electron chi connectivity index (χ3n) is 2.99. The molecule has 1 atom stereocenters. The number of furan rings is 1. The Bertz CT molecular complexity index is 668. The van der Waals surface area contributed by atoms with Crippen molar-refractivity contribution in [2.24, 2.45) is 0 Å². The second kappa shape index (κ2) is 6.16. The Morgan fingerprint density at radius 1 is 1.48 bits per heavy atom. The van der Waals surface area contributed by atoms with Gasteiger partial charge in [0.15, 0.2) is 4.67 Å². The van der Waals surface area contributed by atoms with Gasteiger partial charge in [-0.1, -0.05) is 0 Å². The first kappa shape index (κ1) is 16.0. The maximum Gasteiger partial charge on any atom is 0.371 e. The van der Waals surface area contributed by atoms with Gasteiger partial charge in [0.25, 0.3) is 0 Å². The summed E-state index contributed by atoms with van der Waals surface area (Å²) in [5.41, 5.74) is 0. The minimum absolute atomic E-state index is 0.221. The van der Waals surface area contributed by atoms with E-state index in [9.17, 15) is 18.0 Å². The van der Waals surface area contributed by atoms with Crippen molar-refractivity contribution in [3.63, 3.8) is 0 Å². The first-order chi connectivity index (χ1) is 9.81. The van der Waals surface area contributed by atoms with Gasteiger partial charge in [0.2, 0.25) is 21.7 Å². The number of hydrogen-bond acceptors (Lipinski definition) is 5. The van der Waals surface area contributed by atoms with E-state index in [4.69, 9.17) is 9.52 Å². The van der Waals surface area contributed by atoms with E-state index in [-0.39, 0.29) is 9.56 Å². The first-order valence-corrected chi connectivity index (χ1v) is 8.41. The molecule has 1 aliphatic heterocycles. The monoisotopic (exact) mass is 380 g/mol. The lowest BCUT2D eigenvalue weighted by molar-refractivity contribution is -0.122. The zero-order chi connectivity index (χ0) is 15.6. The number of amides is 1. The Labute approximate surface area is 129 Å². The van der Waals surface area contributed by atoms with Crippen molar-refractivity contribution in [1.29, 1.82) is 0 Å². The maximum atomic E-state index is 12.2. The van der Waals surface area contributed by atoms with Crippen LogP contribution < -0.4 is 10.0 Å². The number of carbonyl (C=O) groups is 2. The van der Waals surface area contributed by atoms with Crippen molar-refractivity contribution >= 4 is 37.8 Å². The second-order valence-electron chi connectivity index (χ2n) is 4.51. The molecule has 116 valence electrons. The predicted octanol–water partition coefficient (Wildman–Crippen LogP) is 0.687. The number of carboxylic acid groups (broad SMARTS) is 1. The van der Waals surface area contributed by atoms with Gasteiger partial charge in [-0.3, -0.25) is 4.79 Å². The van der Waals surface area contributed by atoms with E-state index >= 15 is 0 Å². The Morgan fingerprint density at radius 2 is 2.19 bits per heavy atom. The van der Waals surface area contributed by atoms with E-state index in [1.807, 2.05) is 0 Å². The summed E-state index contributed by atoms with van der Waals surface area (Å²) >= 11 is 2.87. The number of sulfonamides is 1. The lowest BCUT2D eigenvalue weighted by Crippen LogP contribution is -2.45. The normalized spacial score (nSPS) is 19.9. The second-order valence-corrected chi connectivity index (χ2v) is 6.92. The van der Waals surface area contributed by atoms with Crippen LogP contribution >= 0.6 is 15.9 Å². The topological polar surface area (TPSA) is 126 Å². The van der Waals surface area contributed by atoms with Crippen LogP contribution in [0.25, 0.3) is 0 Å². The number of hydrogen-bond donors (Lipinski definition) is 3. The van der Waals surface area contributed by atoms with Gasteiger partial charge >= 0.3 is 5.97 Å². The molecule has 1 unspecified atom stereocenters. The molecule has 1 aromatic rings. The Morgan fingerprint density at radius 3 is 2.81 bits per heavy atom. The average molecular weight is 381 g/mol. The van der Waals surface area contributed by atoms with Gasteiger partial charge in [0, 0.05) is 12.6 Å². The van der Waals surface area contributed by atoms with Gasteiger partial charge in [-0.2, -0.15) is 4.72 Å². The molecule has 0 aromatic carbocycles. The van der Waals surface area contributed by atoms with Crippen LogP contribution in [0.3, 0.4) is 0 Å². The van der Waals surface area contributed by atoms with Gasteiger partial charge in [-0.05, 0) is 35.2 Å². The molecule has 0 saturated carbocycles. The lowest BCUT2D eigenvalue weighted by Gasteiger charge is -2.14. The van der Waals surface area contributed by atoms with E-state index in [0.717, 1.165) is 12.5 Å². The zero-order valence-corrected chi connectivity index (χ0v) is 13.2. The Balaban J connectivity index is 2.25. The summed E-state index contributed by atoms with van der Waals surface area (Å²) in [5, 5.41) is 11.4. The van der Waals surface area contributed by atoms with Gasteiger partial charge in [0.1, 0.15) is 10.9 Å². The average Bonchev–Trinajstić information content (AvgIpc) is 2.69. The van der Waals surface area contributed by atoms with E-state index in [2.05, 4.69) is 26.0 Å². The molecule has 1 aliphatic rings. The summed E-state index contributed by atoms with van der Waals surface area (Å²) in [6, 6.07) is 0.0103. The van der Waals surface area contributed by atoms with Crippen molar-refractivity contribution in [1.82, 2.24) is 10.0 Å². The molecule has 0 aliphatic carbocycles. The van der Waals surface area contributed by atoms with Crippen LogP contribution in [-0.2, 0) is 14.8 Å². The van der Waals surface area contributed by atoms with Crippen LogP contribution in [0, 0.1) is 0 Å². The van der Waals surface area contributed by atoms with Crippen molar-refractivity contribution in [3.05, 3.63) is 16.5 Å². The summed E-state index contributed by atoms with van der Waals surface area (Å²) in [7, 11) is -4.07. The van der Waals surface area contributed by atoms with E-state index in [0.29, 0.717) is 19.4 Å². The molecule has 1 fully saturated rings. The lowest BCUT2D eigenvalue weighted by atomic mass is 10.1. The van der Waals surface area contributed by atoms with Gasteiger partial charge in [-0.25, -0.2) is 13.2 Å². The number of halogens is 1. The standard InChI is InChI=1S/C11H13BrN2O6S/c12-9-8(5-7(20-9)11(16)17)21(18,19)14-6-3-1-2-4-13-10(6)15/h5-6,14H,1-4H2,(H,13,15)(H,16,17). The fourth-order valence-corrected chi connectivity index (χ4v) is 4.11. The van der Waals surface area contributed by atoms with Crippen molar-refractivity contribution in [2.75, 3.05) is 6.54 Å². The number of nitrogens with one attached hydrogen (secondary N) is 2. The van der Waals surface area contributed by atoms with Crippen LogP contribution in [-0.4, -0.2) is 38.0 Å². The highest BCUT2D eigenvalue weighted by Gasteiger charge is 2.30. The van der Waals surface area contributed by atoms with Crippen LogP contribution in [0.4, 0.5) is 0 Å². The molecule has 2 heterocycles. The van der Waals surface area contributed by atoms with Crippen molar-refractivity contribution in [2.45, 2.75) is 30.2 Å². The number of carboxylic acids is 1. The minimum Gasteiger partial charge on any atom is -0.475 e. The van der Waals surface area contributed by atoms with Gasteiger partial charge in [0.05, 0.1) is 0 Å². The fourth-order valence-electron chi connectivity index (χ4n) is 1.94. The first-order valence-electron chi connectivity index (χ1n) is 6.14. The summed E-state index contributed by atoms with van der Waals surface area (Å²) in [5.74, 6) is -2.29. The molecule has 10 heteroatoms. The zero-order valence-electron chi connectivity index (χ0n) is 10.8. The van der Waals surface area contributed by atoms with Crippen LogP contribution in [0.15, 0.2) is 20.0 Å². The SMILES string of the molecule is O=C(O)c1cc(S(=O)(=O)NC2CCCCNC2=O)c(Br)o1. The number of carbonyl (C=O) groups excluding carboxylic acids is 1.